The third-order valence-electron chi connectivity index (χ3n) is 6.30. The van der Waals surface area contributed by atoms with E-state index in [2.05, 4.69) is 5.32 Å². The number of nitrogens with one attached hydrogen (secondary N) is 1. The molecule has 1 N–H and O–H groups in total. The minimum absolute atomic E-state index is 0.0178. The Hall–Kier alpha value is -1.84. The SMILES string of the molecule is CC[C@H](C(=O)NC1CCCC1)N(Cc1ccc(Cl)c(Cl)c1)C(=O)CN(C)S(=O)(=O)c1ccc(Cl)cc1. The summed E-state index contributed by atoms with van der Waals surface area (Å²) >= 11 is 18.1. The van der Waals surface area contributed by atoms with E-state index in [4.69, 9.17) is 34.8 Å². The Morgan fingerprint density at radius 3 is 2.25 bits per heavy atom. The fraction of sp³-hybridized carbons (Fsp3) is 0.440. The van der Waals surface area contributed by atoms with E-state index in [0.717, 1.165) is 30.0 Å². The first kappa shape index (κ1) is 28.7. The van der Waals surface area contributed by atoms with Crippen molar-refractivity contribution in [2.45, 2.75) is 62.6 Å². The van der Waals surface area contributed by atoms with Gasteiger partial charge in [-0.25, -0.2) is 8.42 Å². The van der Waals surface area contributed by atoms with Crippen molar-refractivity contribution in [3.8, 4) is 0 Å². The lowest BCUT2D eigenvalue weighted by atomic mass is 10.1. The Kier molecular flexibility index (Phi) is 10.1. The van der Waals surface area contributed by atoms with E-state index in [-0.39, 0.29) is 23.4 Å². The van der Waals surface area contributed by atoms with Crippen LogP contribution in [0.5, 0.6) is 0 Å². The van der Waals surface area contributed by atoms with Crippen LogP contribution in [0, 0.1) is 0 Å². The maximum Gasteiger partial charge on any atom is 0.243 e. The summed E-state index contributed by atoms with van der Waals surface area (Å²) < 4.78 is 27.1. The average Bonchev–Trinajstić information content (AvgIpc) is 3.34. The van der Waals surface area contributed by atoms with Gasteiger partial charge in [-0.15, -0.1) is 0 Å². The van der Waals surface area contributed by atoms with Gasteiger partial charge in [0.1, 0.15) is 6.04 Å². The smallest absolute Gasteiger partial charge is 0.243 e. The highest BCUT2D eigenvalue weighted by Crippen LogP contribution is 2.25. The molecular formula is C25H30Cl3N3O4S. The molecule has 0 bridgehead atoms. The second kappa shape index (κ2) is 12.6. The van der Waals surface area contributed by atoms with Gasteiger partial charge in [0, 0.05) is 24.7 Å². The number of halogens is 3. The molecule has 2 aromatic rings. The minimum atomic E-state index is -3.95. The first-order chi connectivity index (χ1) is 17.0. The van der Waals surface area contributed by atoms with E-state index in [0.29, 0.717) is 27.1 Å². The molecule has 0 spiro atoms. The molecule has 0 unspecified atom stereocenters. The highest BCUT2D eigenvalue weighted by Gasteiger charge is 2.33. The Morgan fingerprint density at radius 2 is 1.67 bits per heavy atom. The molecule has 0 heterocycles. The molecular weight excluding hydrogens is 545 g/mol. The molecule has 1 aliphatic rings. The third kappa shape index (κ3) is 7.13. The number of carbonyl (C=O) groups excluding carboxylic acids is 2. The van der Waals surface area contributed by atoms with Crippen LogP contribution in [0.1, 0.15) is 44.6 Å². The zero-order valence-electron chi connectivity index (χ0n) is 20.2. The number of nitrogens with zero attached hydrogens (tertiary/aromatic N) is 2. The van der Waals surface area contributed by atoms with E-state index in [9.17, 15) is 18.0 Å². The van der Waals surface area contributed by atoms with Crippen LogP contribution in [-0.2, 0) is 26.2 Å². The molecule has 1 aliphatic carbocycles. The maximum atomic E-state index is 13.5. The average molecular weight is 575 g/mol. The van der Waals surface area contributed by atoms with Crippen molar-refractivity contribution in [3.63, 3.8) is 0 Å². The minimum Gasteiger partial charge on any atom is -0.352 e. The summed E-state index contributed by atoms with van der Waals surface area (Å²) in [6.45, 7) is 1.45. The van der Waals surface area contributed by atoms with Crippen LogP contribution >= 0.6 is 34.8 Å². The summed E-state index contributed by atoms with van der Waals surface area (Å²) in [5, 5.41) is 4.16. The van der Waals surface area contributed by atoms with Crippen LogP contribution in [-0.4, -0.2) is 55.1 Å². The fourth-order valence-electron chi connectivity index (χ4n) is 4.27. The van der Waals surface area contributed by atoms with Crippen LogP contribution in [0.4, 0.5) is 0 Å². The van der Waals surface area contributed by atoms with Crippen molar-refractivity contribution < 1.29 is 18.0 Å². The monoisotopic (exact) mass is 573 g/mol. The summed E-state index contributed by atoms with van der Waals surface area (Å²) in [5.41, 5.74) is 0.674. The lowest BCUT2D eigenvalue weighted by Crippen LogP contribution is -2.53. The van der Waals surface area contributed by atoms with Gasteiger partial charge < -0.3 is 10.2 Å². The summed E-state index contributed by atoms with van der Waals surface area (Å²) in [5.74, 6) is -0.754. The maximum absolute atomic E-state index is 13.5. The summed E-state index contributed by atoms with van der Waals surface area (Å²) in [6.07, 6.45) is 4.29. The summed E-state index contributed by atoms with van der Waals surface area (Å²) in [7, 11) is -2.62. The molecule has 7 nitrogen and oxygen atoms in total. The van der Waals surface area contributed by atoms with Gasteiger partial charge in [0.2, 0.25) is 21.8 Å². The van der Waals surface area contributed by atoms with Crippen molar-refractivity contribution in [1.29, 1.82) is 0 Å². The standard InChI is InChI=1S/C25H30Cl3N3O4S/c1-3-23(25(33)29-19-6-4-5-7-19)31(15-17-8-13-21(27)22(28)14-17)24(32)16-30(2)36(34,35)20-11-9-18(26)10-12-20/h8-14,19,23H,3-7,15-16H2,1-2H3,(H,29,33)/t23-/m1/s1. The van der Waals surface area contributed by atoms with Crippen molar-refractivity contribution in [2.24, 2.45) is 0 Å². The Bertz CT molecular complexity index is 1190. The second-order valence-electron chi connectivity index (χ2n) is 8.90. The molecule has 36 heavy (non-hydrogen) atoms. The molecule has 2 amide bonds. The van der Waals surface area contributed by atoms with Crippen LogP contribution in [0.2, 0.25) is 15.1 Å². The van der Waals surface area contributed by atoms with Gasteiger partial charge in [0.25, 0.3) is 0 Å². The highest BCUT2D eigenvalue weighted by atomic mass is 35.5. The molecule has 196 valence electrons. The molecule has 0 aromatic heterocycles. The molecule has 2 aromatic carbocycles. The van der Waals surface area contributed by atoms with Gasteiger partial charge in [0.05, 0.1) is 21.5 Å². The van der Waals surface area contributed by atoms with Crippen LogP contribution in [0.3, 0.4) is 0 Å². The number of likely N-dealkylation sites (N-methyl/N-ethyl adjacent to an activating group) is 1. The van der Waals surface area contributed by atoms with Crippen molar-refractivity contribution in [3.05, 3.63) is 63.1 Å². The van der Waals surface area contributed by atoms with Gasteiger partial charge in [-0.3, -0.25) is 9.59 Å². The number of carbonyl (C=O) groups is 2. The first-order valence-corrected chi connectivity index (χ1v) is 14.4. The van der Waals surface area contributed by atoms with E-state index < -0.39 is 28.5 Å². The Morgan fingerprint density at radius 1 is 1.03 bits per heavy atom. The molecule has 0 radical (unpaired) electrons. The highest BCUT2D eigenvalue weighted by molar-refractivity contribution is 7.89. The number of benzene rings is 2. The lowest BCUT2D eigenvalue weighted by molar-refractivity contribution is -0.141. The van der Waals surface area contributed by atoms with E-state index in [1.807, 2.05) is 6.92 Å². The molecule has 1 atom stereocenters. The van der Waals surface area contributed by atoms with Crippen LogP contribution < -0.4 is 5.32 Å². The van der Waals surface area contributed by atoms with Crippen molar-refractivity contribution >= 4 is 56.6 Å². The predicted octanol–water partition coefficient (Wildman–Crippen LogP) is 5.13. The Labute approximate surface area is 227 Å². The summed E-state index contributed by atoms with van der Waals surface area (Å²) in [6, 6.07) is 10.0. The van der Waals surface area contributed by atoms with Gasteiger partial charge in [-0.1, -0.05) is 60.6 Å². The first-order valence-electron chi connectivity index (χ1n) is 11.8. The number of hydrogen-bond acceptors (Lipinski definition) is 4. The summed E-state index contributed by atoms with van der Waals surface area (Å²) in [4.78, 5) is 28.2. The predicted molar refractivity (Wildman–Crippen MR) is 143 cm³/mol. The normalized spacial score (nSPS) is 15.2. The quantitative estimate of drug-likeness (QED) is 0.426. The number of sulfonamides is 1. The molecule has 1 fully saturated rings. The van der Waals surface area contributed by atoms with Crippen LogP contribution in [0.15, 0.2) is 47.4 Å². The molecule has 3 rings (SSSR count). The number of rotatable bonds is 10. The van der Waals surface area contributed by atoms with Gasteiger partial charge in [-0.05, 0) is 61.2 Å². The Balaban J connectivity index is 1.86. The molecule has 11 heteroatoms. The van der Waals surface area contributed by atoms with Crippen molar-refractivity contribution in [1.82, 2.24) is 14.5 Å². The van der Waals surface area contributed by atoms with Crippen LogP contribution in [0.25, 0.3) is 0 Å². The van der Waals surface area contributed by atoms with Gasteiger partial charge in [0.15, 0.2) is 0 Å². The third-order valence-corrected chi connectivity index (χ3v) is 9.11. The molecule has 0 saturated heterocycles. The number of amides is 2. The van der Waals surface area contributed by atoms with Crippen molar-refractivity contribution in [2.75, 3.05) is 13.6 Å². The zero-order chi connectivity index (χ0) is 26.5. The van der Waals surface area contributed by atoms with E-state index >= 15 is 0 Å². The molecule has 0 aliphatic heterocycles. The van der Waals surface area contributed by atoms with Gasteiger partial charge in [-0.2, -0.15) is 4.31 Å². The second-order valence-corrected chi connectivity index (χ2v) is 12.2. The zero-order valence-corrected chi connectivity index (χ0v) is 23.3. The largest absolute Gasteiger partial charge is 0.352 e. The lowest BCUT2D eigenvalue weighted by Gasteiger charge is -2.32. The fourth-order valence-corrected chi connectivity index (χ4v) is 5.84. The van der Waals surface area contributed by atoms with Gasteiger partial charge >= 0.3 is 0 Å². The molecule has 1 saturated carbocycles. The van der Waals surface area contributed by atoms with E-state index in [1.54, 1.807) is 18.2 Å². The topological polar surface area (TPSA) is 86.8 Å². The van der Waals surface area contributed by atoms with E-state index in [1.165, 1.54) is 36.2 Å². The number of hydrogen-bond donors (Lipinski definition) is 1.